The van der Waals surface area contributed by atoms with Crippen LogP contribution in [0.25, 0.3) is 0 Å². The fourth-order valence-electron chi connectivity index (χ4n) is 0.600. The van der Waals surface area contributed by atoms with E-state index in [1.54, 1.807) is 13.0 Å². The van der Waals surface area contributed by atoms with Gasteiger partial charge in [-0.05, 0) is 26.3 Å². The number of allylic oxidation sites excluding steroid dienone is 2. The van der Waals surface area contributed by atoms with Crippen molar-refractivity contribution in [3.05, 3.63) is 12.2 Å². The van der Waals surface area contributed by atoms with Crippen LogP contribution in [0.2, 0.25) is 0 Å². The molecule has 0 aliphatic heterocycles. The van der Waals surface area contributed by atoms with Gasteiger partial charge >= 0.3 is 0 Å². The highest BCUT2D eigenvalue weighted by atomic mass is 32.2. The average Bonchev–Trinajstić information content (AvgIpc) is 1.84. The molecule has 0 heterocycles. The van der Waals surface area contributed by atoms with E-state index in [0.29, 0.717) is 6.42 Å². The van der Waals surface area contributed by atoms with E-state index < -0.39 is 15.1 Å². The highest BCUT2D eigenvalue weighted by molar-refractivity contribution is 7.91. The summed E-state index contributed by atoms with van der Waals surface area (Å²) in [6.45, 7) is 3.06. The second-order valence-corrected chi connectivity index (χ2v) is 5.35. The van der Waals surface area contributed by atoms with Crippen LogP contribution in [0.3, 0.4) is 0 Å². The van der Waals surface area contributed by atoms with Crippen molar-refractivity contribution >= 4 is 15.6 Å². The van der Waals surface area contributed by atoms with E-state index in [1.807, 2.05) is 0 Å². The lowest BCUT2D eigenvalue weighted by Gasteiger charge is -2.03. The van der Waals surface area contributed by atoms with Crippen LogP contribution < -0.4 is 0 Å². The summed E-state index contributed by atoms with van der Waals surface area (Å²) >= 11 is 0. The second kappa shape index (κ2) is 4.40. The maximum absolute atomic E-state index is 10.9. The van der Waals surface area contributed by atoms with Crippen molar-refractivity contribution in [2.75, 3.05) is 6.26 Å². The average molecular weight is 190 g/mol. The first-order valence-electron chi connectivity index (χ1n) is 3.70. The predicted molar refractivity (Wildman–Crippen MR) is 48.7 cm³/mol. The third-order valence-electron chi connectivity index (χ3n) is 1.55. The molecular formula is C8H14O3S. The Kier molecular flexibility index (Phi) is 4.17. The molecule has 4 heteroatoms. The molecule has 1 atom stereocenters. The third kappa shape index (κ3) is 5.07. The SMILES string of the molecule is CC(=O)C=CCC(C)S(C)(=O)=O. The molecular weight excluding hydrogens is 176 g/mol. The third-order valence-corrected chi connectivity index (χ3v) is 3.21. The summed E-state index contributed by atoms with van der Waals surface area (Å²) in [7, 11) is -2.96. The fraction of sp³-hybridized carbons (Fsp3) is 0.625. The fourth-order valence-corrected chi connectivity index (χ4v) is 1.06. The van der Waals surface area contributed by atoms with Crippen LogP contribution in [0.1, 0.15) is 20.3 Å². The molecule has 0 amide bonds. The molecule has 0 aromatic heterocycles. The molecule has 0 bridgehead atoms. The predicted octanol–water partition coefficient (Wildman–Crippen LogP) is 0.955. The summed E-state index contributed by atoms with van der Waals surface area (Å²) in [5, 5.41) is -0.409. The number of sulfone groups is 1. The Morgan fingerprint density at radius 2 is 2.00 bits per heavy atom. The molecule has 0 aliphatic carbocycles. The maximum Gasteiger partial charge on any atom is 0.152 e. The van der Waals surface area contributed by atoms with E-state index in [0.717, 1.165) is 0 Å². The smallest absolute Gasteiger partial charge is 0.152 e. The molecule has 0 saturated carbocycles. The number of ketones is 1. The van der Waals surface area contributed by atoms with Gasteiger partial charge in [-0.1, -0.05) is 6.08 Å². The largest absolute Gasteiger partial charge is 0.295 e. The molecule has 0 aromatic carbocycles. The van der Waals surface area contributed by atoms with E-state index >= 15 is 0 Å². The van der Waals surface area contributed by atoms with Crippen molar-refractivity contribution in [2.24, 2.45) is 0 Å². The molecule has 70 valence electrons. The zero-order chi connectivity index (χ0) is 9.78. The lowest BCUT2D eigenvalue weighted by atomic mass is 10.3. The topological polar surface area (TPSA) is 51.2 Å². The van der Waals surface area contributed by atoms with Gasteiger partial charge in [0.15, 0.2) is 5.78 Å². The van der Waals surface area contributed by atoms with Crippen LogP contribution >= 0.6 is 0 Å². The maximum atomic E-state index is 10.9. The van der Waals surface area contributed by atoms with E-state index in [2.05, 4.69) is 0 Å². The molecule has 0 N–H and O–H groups in total. The van der Waals surface area contributed by atoms with E-state index in [9.17, 15) is 13.2 Å². The van der Waals surface area contributed by atoms with E-state index in [1.165, 1.54) is 19.3 Å². The summed E-state index contributed by atoms with van der Waals surface area (Å²) in [4.78, 5) is 10.4. The first-order chi connectivity index (χ1) is 5.34. The van der Waals surface area contributed by atoms with Gasteiger partial charge in [-0.3, -0.25) is 4.79 Å². The highest BCUT2D eigenvalue weighted by Crippen LogP contribution is 2.03. The van der Waals surface area contributed by atoms with Crippen molar-refractivity contribution in [1.82, 2.24) is 0 Å². The van der Waals surface area contributed by atoms with Gasteiger partial charge in [-0.15, -0.1) is 0 Å². The first kappa shape index (κ1) is 11.4. The van der Waals surface area contributed by atoms with Crippen LogP contribution in [-0.2, 0) is 14.6 Å². The number of rotatable bonds is 4. The van der Waals surface area contributed by atoms with Crippen molar-refractivity contribution in [2.45, 2.75) is 25.5 Å². The molecule has 0 aromatic rings. The first-order valence-corrected chi connectivity index (χ1v) is 5.65. The van der Waals surface area contributed by atoms with Gasteiger partial charge in [-0.25, -0.2) is 8.42 Å². The zero-order valence-electron chi connectivity index (χ0n) is 7.57. The summed E-state index contributed by atoms with van der Waals surface area (Å²) in [5.74, 6) is -0.0595. The van der Waals surface area contributed by atoms with Gasteiger partial charge in [0, 0.05) is 6.26 Å². The van der Waals surface area contributed by atoms with Crippen LogP contribution in [0.15, 0.2) is 12.2 Å². The minimum atomic E-state index is -2.96. The van der Waals surface area contributed by atoms with Crippen molar-refractivity contribution < 1.29 is 13.2 Å². The Morgan fingerprint density at radius 1 is 1.50 bits per heavy atom. The van der Waals surface area contributed by atoms with Gasteiger partial charge in [0.2, 0.25) is 0 Å². The van der Waals surface area contributed by atoms with Gasteiger partial charge in [-0.2, -0.15) is 0 Å². The Balaban J connectivity index is 4.05. The molecule has 0 fully saturated rings. The normalized spacial score (nSPS) is 14.9. The summed E-state index contributed by atoms with van der Waals surface area (Å²) in [5.41, 5.74) is 0. The van der Waals surface area contributed by atoms with Crippen molar-refractivity contribution in [1.29, 1.82) is 0 Å². The molecule has 1 unspecified atom stereocenters. The monoisotopic (exact) mass is 190 g/mol. The van der Waals surface area contributed by atoms with Crippen LogP contribution in [0.5, 0.6) is 0 Å². The minimum absolute atomic E-state index is 0.0595. The molecule has 0 aliphatic rings. The van der Waals surface area contributed by atoms with Crippen molar-refractivity contribution in [3.63, 3.8) is 0 Å². The second-order valence-electron chi connectivity index (χ2n) is 2.89. The summed E-state index contributed by atoms with van der Waals surface area (Å²) in [6, 6.07) is 0. The van der Waals surface area contributed by atoms with Gasteiger partial charge in [0.25, 0.3) is 0 Å². The number of hydrogen-bond acceptors (Lipinski definition) is 3. The summed E-state index contributed by atoms with van der Waals surface area (Å²) < 4.78 is 21.8. The van der Waals surface area contributed by atoms with Gasteiger partial charge in [0.1, 0.15) is 9.84 Å². The molecule has 0 rings (SSSR count). The van der Waals surface area contributed by atoms with Crippen LogP contribution in [0.4, 0.5) is 0 Å². The number of carbonyl (C=O) groups is 1. The lowest BCUT2D eigenvalue weighted by Crippen LogP contribution is -2.14. The lowest BCUT2D eigenvalue weighted by molar-refractivity contribution is -0.112. The van der Waals surface area contributed by atoms with Gasteiger partial charge < -0.3 is 0 Å². The Labute approximate surface area is 73.4 Å². The Hall–Kier alpha value is -0.640. The van der Waals surface area contributed by atoms with Crippen LogP contribution in [-0.4, -0.2) is 25.7 Å². The summed E-state index contributed by atoms with van der Waals surface area (Å²) in [6.07, 6.45) is 4.58. The van der Waals surface area contributed by atoms with E-state index in [4.69, 9.17) is 0 Å². The van der Waals surface area contributed by atoms with Crippen LogP contribution in [0, 0.1) is 0 Å². The molecule has 12 heavy (non-hydrogen) atoms. The molecule has 3 nitrogen and oxygen atoms in total. The van der Waals surface area contributed by atoms with Gasteiger partial charge in [0.05, 0.1) is 5.25 Å². The highest BCUT2D eigenvalue weighted by Gasteiger charge is 2.11. The minimum Gasteiger partial charge on any atom is -0.295 e. The zero-order valence-corrected chi connectivity index (χ0v) is 8.39. The molecule has 0 radical (unpaired) electrons. The molecule has 0 spiro atoms. The Morgan fingerprint density at radius 3 is 2.33 bits per heavy atom. The van der Waals surface area contributed by atoms with E-state index in [-0.39, 0.29) is 5.78 Å². The molecule has 0 saturated heterocycles. The van der Waals surface area contributed by atoms with Crippen molar-refractivity contribution in [3.8, 4) is 0 Å². The number of hydrogen-bond donors (Lipinski definition) is 0. The standard InChI is InChI=1S/C8H14O3S/c1-7(9)5-4-6-8(2)12(3,10)11/h4-5,8H,6H2,1-3H3. The Bertz CT molecular complexity index is 275. The number of carbonyl (C=O) groups excluding carboxylic acids is 1. The quantitative estimate of drug-likeness (QED) is 0.620.